The Morgan fingerprint density at radius 1 is 0.867 bits per heavy atom. The van der Waals surface area contributed by atoms with Gasteiger partial charge in [0.05, 0.1) is 11.7 Å². The van der Waals surface area contributed by atoms with Crippen LogP contribution in [-0.2, 0) is 6.42 Å². The zero-order chi connectivity index (χ0) is 33.0. The number of allylic oxidation sites excluding steroid dienone is 1. The quantitative estimate of drug-likeness (QED) is 0.277. The van der Waals surface area contributed by atoms with Gasteiger partial charge in [0, 0.05) is 6.61 Å². The summed E-state index contributed by atoms with van der Waals surface area (Å²) in [5.74, 6) is 2.47. The van der Waals surface area contributed by atoms with Crippen molar-refractivity contribution in [1.82, 2.24) is 0 Å². The van der Waals surface area contributed by atoms with Crippen molar-refractivity contribution in [3.63, 3.8) is 0 Å². The van der Waals surface area contributed by atoms with Gasteiger partial charge in [-0.2, -0.15) is 0 Å². The van der Waals surface area contributed by atoms with E-state index in [2.05, 4.69) is 55.0 Å². The van der Waals surface area contributed by atoms with Crippen molar-refractivity contribution in [1.29, 1.82) is 0 Å². The molecule has 6 rings (SSSR count). The first kappa shape index (κ1) is 34.7. The summed E-state index contributed by atoms with van der Waals surface area (Å²) in [5, 5.41) is 30.2. The smallest absolute Gasteiger partial charge is 0.335 e. The lowest BCUT2D eigenvalue weighted by molar-refractivity contribution is -0.249. The number of hydrogen-bond acceptors (Lipinski definition) is 3. The van der Waals surface area contributed by atoms with E-state index in [0.29, 0.717) is 46.2 Å². The third-order valence-electron chi connectivity index (χ3n) is 15.6. The molecule has 0 bridgehead atoms. The van der Waals surface area contributed by atoms with E-state index in [4.69, 9.17) is 5.11 Å². The second-order valence-electron chi connectivity index (χ2n) is 17.7. The summed E-state index contributed by atoms with van der Waals surface area (Å²) in [6, 6.07) is 7.10. The molecule has 5 saturated carbocycles. The second kappa shape index (κ2) is 12.4. The number of aryl methyl sites for hydroxylation is 1. The molecular weight excluding hydrogens is 556 g/mol. The monoisotopic (exact) mass is 620 g/mol. The molecule has 45 heavy (non-hydrogen) atoms. The van der Waals surface area contributed by atoms with Crippen LogP contribution in [0.15, 0.2) is 36.4 Å². The first-order valence-corrected chi connectivity index (χ1v) is 18.4. The number of aliphatic hydroxyl groups is 2. The van der Waals surface area contributed by atoms with E-state index < -0.39 is 5.97 Å². The molecule has 5 fully saturated rings. The molecule has 0 aliphatic heterocycles. The van der Waals surface area contributed by atoms with Gasteiger partial charge in [-0.15, -0.1) is 0 Å². The predicted octanol–water partition coefficient (Wildman–Crippen LogP) is 9.72. The van der Waals surface area contributed by atoms with Gasteiger partial charge >= 0.3 is 5.97 Å². The van der Waals surface area contributed by atoms with Crippen LogP contribution in [-0.4, -0.2) is 34.0 Å². The summed E-state index contributed by atoms with van der Waals surface area (Å²) in [6.07, 6.45) is 15.6. The van der Waals surface area contributed by atoms with Gasteiger partial charge in [-0.05, 0) is 158 Å². The van der Waals surface area contributed by atoms with Crippen molar-refractivity contribution in [2.45, 2.75) is 138 Å². The number of fused-ring (bicyclic) bond motifs is 7. The lowest BCUT2D eigenvalue weighted by atomic mass is 9.32. The van der Waals surface area contributed by atoms with Gasteiger partial charge in [0.15, 0.2) is 0 Å². The topological polar surface area (TPSA) is 77.8 Å². The third kappa shape index (κ3) is 5.46. The maximum atomic E-state index is 10.9. The van der Waals surface area contributed by atoms with E-state index in [1.54, 1.807) is 12.1 Å². The van der Waals surface area contributed by atoms with Crippen LogP contribution in [0.5, 0.6) is 0 Å². The van der Waals surface area contributed by atoms with Crippen molar-refractivity contribution in [2.24, 2.45) is 56.7 Å². The minimum absolute atomic E-state index is 0.0290. The molecule has 0 amide bonds. The van der Waals surface area contributed by atoms with Gasteiger partial charge in [-0.3, -0.25) is 0 Å². The molecular formula is C41H64O4. The molecule has 10 atom stereocenters. The summed E-state index contributed by atoms with van der Waals surface area (Å²) in [4.78, 5) is 10.5. The van der Waals surface area contributed by atoms with E-state index in [-0.39, 0.29) is 16.9 Å². The molecule has 0 aromatic heterocycles. The average molecular weight is 621 g/mol. The molecule has 0 saturated heterocycles. The Hall–Kier alpha value is -1.65. The molecule has 5 aliphatic rings. The highest BCUT2D eigenvalue weighted by molar-refractivity contribution is 5.87. The Morgan fingerprint density at radius 3 is 2.16 bits per heavy atom. The Bertz CT molecular complexity index is 1230. The van der Waals surface area contributed by atoms with Crippen molar-refractivity contribution < 1.29 is 20.1 Å². The number of carbonyl (C=O) groups is 1. The molecule has 1 aromatic rings. The summed E-state index contributed by atoms with van der Waals surface area (Å²) < 4.78 is 0. The average Bonchev–Trinajstić information content (AvgIpc) is 3.40. The highest BCUT2D eigenvalue weighted by Gasteiger charge is 2.70. The van der Waals surface area contributed by atoms with Gasteiger partial charge in [0.25, 0.3) is 0 Å². The fraction of sp³-hybridized carbons (Fsp3) is 0.780. The third-order valence-corrected chi connectivity index (χ3v) is 15.6. The van der Waals surface area contributed by atoms with E-state index in [1.165, 1.54) is 75.3 Å². The number of carboxylic acid groups (broad SMARTS) is 1. The molecule has 0 spiro atoms. The van der Waals surface area contributed by atoms with E-state index >= 15 is 0 Å². The minimum atomic E-state index is -0.859. The number of hydrogen-bond donors (Lipinski definition) is 3. The van der Waals surface area contributed by atoms with Gasteiger partial charge < -0.3 is 15.3 Å². The van der Waals surface area contributed by atoms with Crippen molar-refractivity contribution in [3.05, 3.63) is 47.5 Å². The lowest BCUT2D eigenvalue weighted by Gasteiger charge is -2.73. The van der Waals surface area contributed by atoms with Gasteiger partial charge in [0.2, 0.25) is 0 Å². The first-order chi connectivity index (χ1) is 21.1. The summed E-state index contributed by atoms with van der Waals surface area (Å²) in [7, 11) is 0. The number of unbranched alkanes of at least 4 members (excludes halogenated alkanes) is 1. The zero-order valence-electron chi connectivity index (χ0n) is 29.6. The molecule has 0 heterocycles. The van der Waals surface area contributed by atoms with Crippen LogP contribution in [0.25, 0.3) is 0 Å². The number of rotatable bonds is 6. The first-order valence-electron chi connectivity index (χ1n) is 18.4. The van der Waals surface area contributed by atoms with Crippen LogP contribution >= 0.6 is 0 Å². The normalized spacial score (nSPS) is 43.0. The molecule has 4 nitrogen and oxygen atoms in total. The van der Waals surface area contributed by atoms with E-state index in [0.717, 1.165) is 31.1 Å². The van der Waals surface area contributed by atoms with Gasteiger partial charge in [-0.25, -0.2) is 4.79 Å². The van der Waals surface area contributed by atoms with E-state index in [1.807, 2.05) is 12.1 Å². The maximum absolute atomic E-state index is 10.9. The molecule has 3 N–H and O–H groups in total. The highest BCUT2D eigenvalue weighted by Crippen LogP contribution is 2.77. The summed E-state index contributed by atoms with van der Waals surface area (Å²) in [5.41, 5.74) is 4.18. The van der Waals surface area contributed by atoms with E-state index in [9.17, 15) is 15.0 Å². The number of aromatic carboxylic acids is 1. The Morgan fingerprint density at radius 2 is 1.56 bits per heavy atom. The lowest BCUT2D eigenvalue weighted by Crippen LogP contribution is -2.66. The van der Waals surface area contributed by atoms with Crippen LogP contribution < -0.4 is 0 Å². The Labute approximate surface area is 274 Å². The standard InChI is InChI=1S/C30H50O2.C11H14O2/c1-19(2)20-10-15-30(18-31)17-16-28(6)21(25(20)30)8-9-23-27(5)13-12-24(32)26(3,4)22(27)11-14-29(23,28)7;1-2-3-4-9-5-7-10(8-6-9)11(12)13/h20-25,31-32H,1,8-18H2,2-7H3;5-8H,2-4H2,1H3,(H,12,13)/t20-,21+,22-,23+,24-,25+,27-,28+,29+,30+;/m0./s1. The largest absolute Gasteiger partial charge is 0.478 e. The van der Waals surface area contributed by atoms with Crippen LogP contribution in [0.2, 0.25) is 0 Å². The zero-order valence-corrected chi connectivity index (χ0v) is 29.6. The van der Waals surface area contributed by atoms with Crippen molar-refractivity contribution in [2.75, 3.05) is 6.61 Å². The summed E-state index contributed by atoms with van der Waals surface area (Å²) in [6.45, 7) is 21.9. The molecule has 1 aromatic carbocycles. The maximum Gasteiger partial charge on any atom is 0.335 e. The Balaban J connectivity index is 0.000000259. The SMILES string of the molecule is C=C(C)[C@@H]1CC[C@]2(CO)CC[C@]3(C)[C@H](CC[C@@H]4[C@@]5(C)CC[C@H](O)C(C)(C)[C@@H]5CC[C@]43C)[C@@H]12.CCCCc1ccc(C(=O)O)cc1. The molecule has 252 valence electrons. The Kier molecular flexibility index (Phi) is 9.57. The fourth-order valence-corrected chi connectivity index (χ4v) is 12.7. The van der Waals surface area contributed by atoms with Crippen molar-refractivity contribution in [3.8, 4) is 0 Å². The molecule has 0 radical (unpaired) electrons. The number of aliphatic hydroxyl groups excluding tert-OH is 2. The highest BCUT2D eigenvalue weighted by atomic mass is 16.4. The molecule has 0 unspecified atom stereocenters. The predicted molar refractivity (Wildman–Crippen MR) is 184 cm³/mol. The van der Waals surface area contributed by atoms with Crippen LogP contribution in [0.1, 0.15) is 141 Å². The van der Waals surface area contributed by atoms with Crippen LogP contribution in [0.4, 0.5) is 0 Å². The van der Waals surface area contributed by atoms with Gasteiger partial charge in [0.1, 0.15) is 0 Å². The fourth-order valence-electron chi connectivity index (χ4n) is 12.7. The van der Waals surface area contributed by atoms with Crippen LogP contribution in [0.3, 0.4) is 0 Å². The molecule has 4 heteroatoms. The second-order valence-corrected chi connectivity index (χ2v) is 17.7. The van der Waals surface area contributed by atoms with Gasteiger partial charge in [-0.1, -0.05) is 72.2 Å². The molecule has 5 aliphatic carbocycles. The number of carboxylic acids is 1. The number of benzene rings is 1. The van der Waals surface area contributed by atoms with Crippen molar-refractivity contribution >= 4 is 5.97 Å². The summed E-state index contributed by atoms with van der Waals surface area (Å²) >= 11 is 0. The van der Waals surface area contributed by atoms with Crippen LogP contribution in [0, 0.1) is 56.7 Å². The minimum Gasteiger partial charge on any atom is -0.478 e.